The molecule has 2 heterocycles. The maximum Gasteiger partial charge on any atom is 0.262 e. The Morgan fingerprint density at radius 1 is 1.21 bits per heavy atom. The number of nitrogens with zero attached hydrogens (tertiary/aromatic N) is 2. The van der Waals surface area contributed by atoms with Crippen molar-refractivity contribution in [1.82, 2.24) is 4.72 Å². The summed E-state index contributed by atoms with van der Waals surface area (Å²) < 4.78 is 33.4. The van der Waals surface area contributed by atoms with Gasteiger partial charge in [-0.15, -0.1) is 0 Å². The molecule has 2 amide bonds. The van der Waals surface area contributed by atoms with Crippen LogP contribution < -0.4 is 19.7 Å². The van der Waals surface area contributed by atoms with Crippen LogP contribution in [0, 0.1) is 5.92 Å². The average molecular weight is 471 g/mol. The van der Waals surface area contributed by atoms with Crippen LogP contribution in [0.25, 0.3) is 0 Å². The number of carbonyl (C=O) groups is 2. The predicted octanol–water partition coefficient (Wildman–Crippen LogP) is 2.55. The molecule has 10 heteroatoms. The Bertz CT molecular complexity index is 1190. The summed E-state index contributed by atoms with van der Waals surface area (Å²) in [6.07, 6.45) is 1.47. The molecule has 1 atom stereocenters. The van der Waals surface area contributed by atoms with E-state index in [1.807, 2.05) is 19.1 Å². The van der Waals surface area contributed by atoms with Gasteiger partial charge in [-0.2, -0.15) is 0 Å². The van der Waals surface area contributed by atoms with Crippen molar-refractivity contribution < 1.29 is 22.7 Å². The minimum atomic E-state index is -3.79. The average Bonchev–Trinajstić information content (AvgIpc) is 3.44. The lowest BCUT2D eigenvalue weighted by Gasteiger charge is -2.20. The van der Waals surface area contributed by atoms with E-state index in [1.54, 1.807) is 29.2 Å². The zero-order valence-electron chi connectivity index (χ0n) is 18.3. The highest BCUT2D eigenvalue weighted by molar-refractivity contribution is 7.90. The van der Waals surface area contributed by atoms with Crippen LogP contribution in [-0.4, -0.2) is 45.8 Å². The number of hydrogen-bond acceptors (Lipinski definition) is 6. The molecule has 174 valence electrons. The number of nitrogens with one attached hydrogen (secondary N) is 2. The van der Waals surface area contributed by atoms with Crippen molar-refractivity contribution in [2.45, 2.75) is 31.1 Å². The van der Waals surface area contributed by atoms with Crippen LogP contribution >= 0.6 is 0 Å². The molecular weight excluding hydrogens is 444 g/mol. The Morgan fingerprint density at radius 3 is 2.79 bits per heavy atom. The lowest BCUT2D eigenvalue weighted by molar-refractivity contribution is -0.122. The molecule has 0 radical (unpaired) electrons. The molecule has 9 nitrogen and oxygen atoms in total. The first-order chi connectivity index (χ1) is 15.9. The first-order valence-corrected chi connectivity index (χ1v) is 12.3. The van der Waals surface area contributed by atoms with Gasteiger partial charge in [0.2, 0.25) is 11.8 Å². The third kappa shape index (κ3) is 5.16. The smallest absolute Gasteiger partial charge is 0.262 e. The summed E-state index contributed by atoms with van der Waals surface area (Å²) in [7, 11) is -3.79. The van der Waals surface area contributed by atoms with E-state index in [4.69, 9.17) is 4.74 Å². The second kappa shape index (κ2) is 9.62. The summed E-state index contributed by atoms with van der Waals surface area (Å²) in [4.78, 5) is 31.2. The van der Waals surface area contributed by atoms with E-state index < -0.39 is 15.9 Å². The summed E-state index contributed by atoms with van der Waals surface area (Å²) >= 11 is 0. The zero-order valence-corrected chi connectivity index (χ0v) is 19.1. The molecule has 33 heavy (non-hydrogen) atoms. The molecule has 4 rings (SSSR count). The van der Waals surface area contributed by atoms with E-state index in [-0.39, 0.29) is 29.7 Å². The van der Waals surface area contributed by atoms with E-state index in [0.29, 0.717) is 42.5 Å². The van der Waals surface area contributed by atoms with Gasteiger partial charge in [-0.25, -0.2) is 8.42 Å². The van der Waals surface area contributed by atoms with E-state index in [0.717, 1.165) is 6.42 Å². The molecule has 0 unspecified atom stereocenters. The standard InChI is InChI=1S/C23H26N4O5S/c1-2-32-20-10-4-3-9-19(20)27-15-16(13-22(27)28)23(29)25-17-7-5-8-18(14-17)33(30,31)26-21-11-6-12-24-21/h3-5,7-10,14,16H,2,6,11-13,15H2,1H3,(H,24,26)(H,25,29)/t16-/m1/s1. The van der Waals surface area contributed by atoms with Crippen LogP contribution in [0.4, 0.5) is 11.4 Å². The first-order valence-electron chi connectivity index (χ1n) is 10.9. The third-order valence-electron chi connectivity index (χ3n) is 5.49. The van der Waals surface area contributed by atoms with Crippen molar-refractivity contribution in [3.8, 4) is 5.75 Å². The van der Waals surface area contributed by atoms with Crippen LogP contribution in [-0.2, 0) is 19.6 Å². The van der Waals surface area contributed by atoms with Crippen LogP contribution in [0.5, 0.6) is 5.75 Å². The summed E-state index contributed by atoms with van der Waals surface area (Å²) in [6, 6.07) is 13.3. The van der Waals surface area contributed by atoms with Crippen molar-refractivity contribution in [3.63, 3.8) is 0 Å². The largest absolute Gasteiger partial charge is 0.492 e. The molecule has 2 aliphatic heterocycles. The Kier molecular flexibility index (Phi) is 6.64. The zero-order chi connectivity index (χ0) is 23.4. The number of amides is 2. The Labute approximate surface area is 192 Å². The van der Waals surface area contributed by atoms with Crippen LogP contribution in [0.2, 0.25) is 0 Å². The molecule has 2 aromatic rings. The molecule has 2 aromatic carbocycles. The van der Waals surface area contributed by atoms with Gasteiger partial charge in [0.25, 0.3) is 10.0 Å². The molecule has 1 fully saturated rings. The fourth-order valence-electron chi connectivity index (χ4n) is 3.90. The quantitative estimate of drug-likeness (QED) is 0.645. The topological polar surface area (TPSA) is 117 Å². The summed E-state index contributed by atoms with van der Waals surface area (Å²) in [5, 5.41) is 2.75. The van der Waals surface area contributed by atoms with E-state index >= 15 is 0 Å². The van der Waals surface area contributed by atoms with Crippen LogP contribution in [0.3, 0.4) is 0 Å². The summed E-state index contributed by atoms with van der Waals surface area (Å²) in [5.74, 6) is -0.0472. The first kappa shape index (κ1) is 22.8. The molecular formula is C23H26N4O5S. The number of sulfonamides is 1. The Balaban J connectivity index is 1.45. The summed E-state index contributed by atoms with van der Waals surface area (Å²) in [5.41, 5.74) is 0.977. The number of anilines is 2. The van der Waals surface area contributed by atoms with Crippen molar-refractivity contribution in [1.29, 1.82) is 0 Å². The van der Waals surface area contributed by atoms with Gasteiger partial charge in [0.1, 0.15) is 11.6 Å². The van der Waals surface area contributed by atoms with Crippen molar-refractivity contribution in [3.05, 3.63) is 48.5 Å². The number of para-hydroxylation sites is 2. The fourth-order valence-corrected chi connectivity index (χ4v) is 5.03. The number of ether oxygens (including phenoxy) is 1. The number of rotatable bonds is 7. The highest BCUT2D eigenvalue weighted by Crippen LogP contribution is 2.33. The third-order valence-corrected chi connectivity index (χ3v) is 6.87. The van der Waals surface area contributed by atoms with Gasteiger partial charge in [0.15, 0.2) is 0 Å². The second-order valence-corrected chi connectivity index (χ2v) is 9.54. The normalized spacial score (nSPS) is 18.2. The van der Waals surface area contributed by atoms with Gasteiger partial charge < -0.3 is 15.0 Å². The highest BCUT2D eigenvalue weighted by atomic mass is 32.2. The van der Waals surface area contributed by atoms with E-state index in [1.165, 1.54) is 12.1 Å². The van der Waals surface area contributed by atoms with Crippen molar-refractivity contribution >= 4 is 39.0 Å². The monoisotopic (exact) mass is 470 g/mol. The maximum absolute atomic E-state index is 12.9. The predicted molar refractivity (Wildman–Crippen MR) is 125 cm³/mol. The van der Waals surface area contributed by atoms with Crippen LogP contribution in [0.15, 0.2) is 58.4 Å². The van der Waals surface area contributed by atoms with Gasteiger partial charge in [-0.05, 0) is 43.7 Å². The highest BCUT2D eigenvalue weighted by Gasteiger charge is 2.36. The molecule has 2 N–H and O–H groups in total. The number of aliphatic imine (C=N–C) groups is 1. The van der Waals surface area contributed by atoms with E-state index in [2.05, 4.69) is 15.0 Å². The Hall–Kier alpha value is -3.40. The maximum atomic E-state index is 12.9. The fraction of sp³-hybridized carbons (Fsp3) is 0.348. The molecule has 2 aliphatic rings. The lowest BCUT2D eigenvalue weighted by Crippen LogP contribution is -2.30. The molecule has 0 spiro atoms. The lowest BCUT2D eigenvalue weighted by atomic mass is 10.1. The second-order valence-electron chi connectivity index (χ2n) is 7.86. The van der Waals surface area contributed by atoms with Gasteiger partial charge >= 0.3 is 0 Å². The van der Waals surface area contributed by atoms with Gasteiger partial charge in [0.05, 0.1) is 23.1 Å². The molecule has 0 aromatic heterocycles. The SMILES string of the molecule is CCOc1ccccc1N1C[C@H](C(=O)Nc2cccc(S(=O)(=O)NC3=NCCC3)c2)CC1=O. The van der Waals surface area contributed by atoms with Gasteiger partial charge in [-0.1, -0.05) is 18.2 Å². The minimum Gasteiger partial charge on any atom is -0.492 e. The summed E-state index contributed by atoms with van der Waals surface area (Å²) in [6.45, 7) is 3.16. The molecule has 1 saturated heterocycles. The molecule has 0 bridgehead atoms. The number of carbonyl (C=O) groups excluding carboxylic acids is 2. The number of hydrogen-bond donors (Lipinski definition) is 2. The van der Waals surface area contributed by atoms with Crippen molar-refractivity contribution in [2.75, 3.05) is 29.9 Å². The number of benzene rings is 2. The van der Waals surface area contributed by atoms with E-state index in [9.17, 15) is 18.0 Å². The Morgan fingerprint density at radius 2 is 2.03 bits per heavy atom. The van der Waals surface area contributed by atoms with Crippen LogP contribution in [0.1, 0.15) is 26.2 Å². The van der Waals surface area contributed by atoms with Gasteiger partial charge in [-0.3, -0.25) is 19.3 Å². The number of amidine groups is 1. The molecule has 0 aliphatic carbocycles. The van der Waals surface area contributed by atoms with Crippen molar-refractivity contribution in [2.24, 2.45) is 10.9 Å². The molecule has 0 saturated carbocycles. The minimum absolute atomic E-state index is 0.0321. The van der Waals surface area contributed by atoms with Gasteiger partial charge in [0, 0.05) is 31.6 Å².